The second kappa shape index (κ2) is 11.5. The van der Waals surface area contributed by atoms with Crippen LogP contribution in [0.1, 0.15) is 28.2 Å². The molecular weight excluding hydrogens is 394 g/mol. The van der Waals surface area contributed by atoms with Gasteiger partial charge in [-0.05, 0) is 44.6 Å². The van der Waals surface area contributed by atoms with Gasteiger partial charge in [-0.3, -0.25) is 4.79 Å². The number of hydrogen-bond donors (Lipinski definition) is 1. The molecule has 0 bridgehead atoms. The van der Waals surface area contributed by atoms with Crippen LogP contribution in [0.2, 0.25) is 0 Å². The number of nitrogens with one attached hydrogen (secondary N) is 1. The summed E-state index contributed by atoms with van der Waals surface area (Å²) in [5.74, 6) is 0.837. The van der Waals surface area contributed by atoms with Crippen molar-refractivity contribution in [1.82, 2.24) is 15.2 Å². The molecule has 6 heteroatoms. The molecular formula is C24H29N3O2S. The van der Waals surface area contributed by atoms with Gasteiger partial charge in [0.25, 0.3) is 0 Å². The molecule has 0 unspecified atom stereocenters. The standard InChI is InChI=1S/C24H29N3O2S/c1-19-9-11-22(12-10-19)29-17-24-26-21(18-30-24)15-23(28)25-13-6-14-27(2)16-20-7-4-3-5-8-20/h3-5,7-12,18H,6,13-17H2,1-2H3,(H,25,28). The molecule has 5 nitrogen and oxygen atoms in total. The molecule has 0 aliphatic rings. The van der Waals surface area contributed by atoms with E-state index in [1.165, 1.54) is 22.5 Å². The van der Waals surface area contributed by atoms with Gasteiger partial charge >= 0.3 is 0 Å². The van der Waals surface area contributed by atoms with Crippen molar-refractivity contribution in [3.8, 4) is 5.75 Å². The summed E-state index contributed by atoms with van der Waals surface area (Å²) in [6.45, 7) is 4.99. The maximum absolute atomic E-state index is 12.2. The van der Waals surface area contributed by atoms with Crippen LogP contribution in [0.3, 0.4) is 0 Å². The Bertz CT molecular complexity index is 910. The molecule has 1 aromatic heterocycles. The average molecular weight is 424 g/mol. The van der Waals surface area contributed by atoms with E-state index < -0.39 is 0 Å². The summed E-state index contributed by atoms with van der Waals surface area (Å²) in [5, 5.41) is 5.80. The third-order valence-corrected chi connectivity index (χ3v) is 5.53. The van der Waals surface area contributed by atoms with Crippen molar-refractivity contribution in [1.29, 1.82) is 0 Å². The lowest BCUT2D eigenvalue weighted by Gasteiger charge is -2.16. The first-order valence-corrected chi connectivity index (χ1v) is 11.1. The van der Waals surface area contributed by atoms with Crippen LogP contribution in [-0.4, -0.2) is 35.9 Å². The summed E-state index contributed by atoms with van der Waals surface area (Å²) in [5.41, 5.74) is 3.30. The summed E-state index contributed by atoms with van der Waals surface area (Å²) in [7, 11) is 2.10. The molecule has 0 atom stereocenters. The van der Waals surface area contributed by atoms with Crippen LogP contribution < -0.4 is 10.1 Å². The van der Waals surface area contributed by atoms with Crippen LogP contribution in [0.4, 0.5) is 0 Å². The highest BCUT2D eigenvalue weighted by atomic mass is 32.1. The lowest BCUT2D eigenvalue weighted by Crippen LogP contribution is -2.29. The van der Waals surface area contributed by atoms with Gasteiger partial charge in [-0.25, -0.2) is 4.98 Å². The molecule has 0 fully saturated rings. The normalized spacial score (nSPS) is 10.9. The van der Waals surface area contributed by atoms with Crippen molar-refractivity contribution in [3.05, 3.63) is 81.8 Å². The maximum Gasteiger partial charge on any atom is 0.226 e. The van der Waals surface area contributed by atoms with Crippen LogP contribution in [0.5, 0.6) is 5.75 Å². The van der Waals surface area contributed by atoms with Gasteiger partial charge in [0.05, 0.1) is 12.1 Å². The van der Waals surface area contributed by atoms with Crippen LogP contribution in [0.15, 0.2) is 60.0 Å². The van der Waals surface area contributed by atoms with E-state index in [4.69, 9.17) is 4.74 Å². The number of carbonyl (C=O) groups excluding carboxylic acids is 1. The van der Waals surface area contributed by atoms with Crippen molar-refractivity contribution in [3.63, 3.8) is 0 Å². The first-order chi connectivity index (χ1) is 14.6. The lowest BCUT2D eigenvalue weighted by molar-refractivity contribution is -0.120. The summed E-state index contributed by atoms with van der Waals surface area (Å²) in [6, 6.07) is 18.4. The number of amides is 1. The second-order valence-electron chi connectivity index (χ2n) is 7.44. The second-order valence-corrected chi connectivity index (χ2v) is 8.38. The lowest BCUT2D eigenvalue weighted by atomic mass is 10.2. The molecule has 158 valence electrons. The highest BCUT2D eigenvalue weighted by Crippen LogP contribution is 2.16. The molecule has 0 radical (unpaired) electrons. The van der Waals surface area contributed by atoms with Gasteiger partial charge in [0.15, 0.2) is 0 Å². The number of aromatic nitrogens is 1. The molecule has 0 aliphatic heterocycles. The SMILES string of the molecule is Cc1ccc(OCc2nc(CC(=O)NCCCN(C)Cc3ccccc3)cs2)cc1. The minimum Gasteiger partial charge on any atom is -0.486 e. The van der Waals surface area contributed by atoms with Crippen molar-refractivity contribution < 1.29 is 9.53 Å². The molecule has 1 N–H and O–H groups in total. The van der Waals surface area contributed by atoms with Gasteiger partial charge in [0, 0.05) is 18.5 Å². The Labute approximate surface area is 182 Å². The summed E-state index contributed by atoms with van der Waals surface area (Å²) in [4.78, 5) is 19.0. The van der Waals surface area contributed by atoms with Gasteiger partial charge in [-0.1, -0.05) is 48.0 Å². The van der Waals surface area contributed by atoms with E-state index in [2.05, 4.69) is 46.5 Å². The smallest absolute Gasteiger partial charge is 0.226 e. The highest BCUT2D eigenvalue weighted by Gasteiger charge is 2.08. The van der Waals surface area contributed by atoms with Crippen molar-refractivity contribution in [2.24, 2.45) is 0 Å². The van der Waals surface area contributed by atoms with E-state index in [9.17, 15) is 4.79 Å². The zero-order valence-corrected chi connectivity index (χ0v) is 18.5. The fourth-order valence-electron chi connectivity index (χ4n) is 3.05. The Morgan fingerprint density at radius 3 is 2.67 bits per heavy atom. The minimum absolute atomic E-state index is 0.0111. The Balaban J connectivity index is 1.31. The van der Waals surface area contributed by atoms with Crippen LogP contribution in [-0.2, 0) is 24.4 Å². The molecule has 0 saturated heterocycles. The Morgan fingerprint density at radius 2 is 1.90 bits per heavy atom. The highest BCUT2D eigenvalue weighted by molar-refractivity contribution is 7.09. The van der Waals surface area contributed by atoms with Crippen LogP contribution in [0, 0.1) is 6.92 Å². The predicted octanol–water partition coefficient (Wildman–Crippen LogP) is 4.21. The molecule has 0 saturated carbocycles. The number of thiazole rings is 1. The van der Waals surface area contributed by atoms with E-state index in [1.807, 2.05) is 42.6 Å². The molecule has 1 heterocycles. The Hall–Kier alpha value is -2.70. The Morgan fingerprint density at radius 1 is 1.13 bits per heavy atom. The van der Waals surface area contributed by atoms with Crippen LogP contribution >= 0.6 is 11.3 Å². The monoisotopic (exact) mass is 423 g/mol. The van der Waals surface area contributed by atoms with Crippen molar-refractivity contribution in [2.75, 3.05) is 20.1 Å². The molecule has 0 spiro atoms. The Kier molecular flexibility index (Phi) is 8.41. The molecule has 2 aromatic carbocycles. The summed E-state index contributed by atoms with van der Waals surface area (Å²) in [6.07, 6.45) is 1.22. The van der Waals surface area contributed by atoms with Gasteiger partial charge < -0.3 is 15.0 Å². The molecule has 1 amide bonds. The zero-order valence-electron chi connectivity index (χ0n) is 17.6. The van der Waals surface area contributed by atoms with E-state index in [-0.39, 0.29) is 5.91 Å². The molecule has 30 heavy (non-hydrogen) atoms. The van der Waals surface area contributed by atoms with Gasteiger partial charge in [-0.15, -0.1) is 11.3 Å². The first-order valence-electron chi connectivity index (χ1n) is 10.2. The summed E-state index contributed by atoms with van der Waals surface area (Å²) >= 11 is 1.52. The van der Waals surface area contributed by atoms with Crippen molar-refractivity contribution >= 4 is 17.2 Å². The number of hydrogen-bond acceptors (Lipinski definition) is 5. The average Bonchev–Trinajstić information content (AvgIpc) is 3.19. The predicted molar refractivity (Wildman–Crippen MR) is 122 cm³/mol. The van der Waals surface area contributed by atoms with Gasteiger partial charge in [0.1, 0.15) is 17.4 Å². The number of ether oxygens (including phenoxy) is 1. The fourth-order valence-corrected chi connectivity index (χ4v) is 3.76. The molecule has 3 aromatic rings. The fraction of sp³-hybridized carbons (Fsp3) is 0.333. The molecule has 3 rings (SSSR count). The van der Waals surface area contributed by atoms with Gasteiger partial charge in [0.2, 0.25) is 5.91 Å². The van der Waals surface area contributed by atoms with Crippen molar-refractivity contribution in [2.45, 2.75) is 32.9 Å². The van der Waals surface area contributed by atoms with E-state index in [0.717, 1.165) is 36.0 Å². The van der Waals surface area contributed by atoms with E-state index in [0.29, 0.717) is 19.6 Å². The van der Waals surface area contributed by atoms with Gasteiger partial charge in [-0.2, -0.15) is 0 Å². The summed E-state index contributed by atoms with van der Waals surface area (Å²) < 4.78 is 5.75. The number of nitrogens with zero attached hydrogens (tertiary/aromatic N) is 2. The first kappa shape index (κ1) is 22.0. The number of rotatable bonds is 11. The number of aryl methyl sites for hydroxylation is 1. The molecule has 0 aliphatic carbocycles. The quantitative estimate of drug-likeness (QED) is 0.470. The maximum atomic E-state index is 12.2. The minimum atomic E-state index is 0.0111. The largest absolute Gasteiger partial charge is 0.486 e. The zero-order chi connectivity index (χ0) is 21.2. The third kappa shape index (κ3) is 7.61. The third-order valence-electron chi connectivity index (χ3n) is 4.66. The van der Waals surface area contributed by atoms with Crippen LogP contribution in [0.25, 0.3) is 0 Å². The number of carbonyl (C=O) groups is 1. The number of benzene rings is 2. The topological polar surface area (TPSA) is 54.5 Å². The van der Waals surface area contributed by atoms with E-state index in [1.54, 1.807) is 0 Å². The van der Waals surface area contributed by atoms with E-state index >= 15 is 0 Å².